The normalized spacial score (nSPS) is 11.3. The molecule has 104 valence electrons. The van der Waals surface area contributed by atoms with Gasteiger partial charge in [0.05, 0.1) is 10.5 Å². The van der Waals surface area contributed by atoms with Crippen LogP contribution in [0, 0.1) is 10.1 Å². The molecule has 0 saturated carbocycles. The number of aromatic nitrogens is 1. The van der Waals surface area contributed by atoms with E-state index in [1.807, 2.05) is 0 Å². The van der Waals surface area contributed by atoms with Gasteiger partial charge in [-0.25, -0.2) is 4.98 Å². The predicted octanol–water partition coefficient (Wildman–Crippen LogP) is 4.16. The van der Waals surface area contributed by atoms with Crippen LogP contribution in [-0.4, -0.2) is 9.91 Å². The molecule has 0 fully saturated rings. The molecule has 0 bridgehead atoms. The maximum absolute atomic E-state index is 12.9. The Kier molecular flexibility index (Phi) is 3.93. The van der Waals surface area contributed by atoms with E-state index in [0.717, 1.165) is 18.0 Å². The Labute approximate surface area is 115 Å². The smallest absolute Gasteiger partial charge is 0.258 e. The van der Waals surface area contributed by atoms with Gasteiger partial charge < -0.3 is 0 Å². The third kappa shape index (κ3) is 3.27. The molecule has 0 atom stereocenters. The molecule has 8 heteroatoms. The molecular formula is C12H7F3N2O2S. The number of pyridine rings is 1. The zero-order valence-electron chi connectivity index (χ0n) is 9.79. The van der Waals surface area contributed by atoms with Crippen LogP contribution >= 0.6 is 11.8 Å². The van der Waals surface area contributed by atoms with E-state index in [4.69, 9.17) is 0 Å². The molecule has 1 heterocycles. The summed E-state index contributed by atoms with van der Waals surface area (Å²) in [6.45, 7) is 0. The first-order valence-electron chi connectivity index (χ1n) is 5.32. The van der Waals surface area contributed by atoms with Crippen LogP contribution in [0.1, 0.15) is 5.56 Å². The van der Waals surface area contributed by atoms with Crippen molar-refractivity contribution in [3.63, 3.8) is 0 Å². The van der Waals surface area contributed by atoms with Gasteiger partial charge in [0.2, 0.25) is 0 Å². The van der Waals surface area contributed by atoms with Crippen molar-refractivity contribution >= 4 is 17.4 Å². The topological polar surface area (TPSA) is 56.0 Å². The van der Waals surface area contributed by atoms with Crippen LogP contribution in [0.5, 0.6) is 0 Å². The Morgan fingerprint density at radius 3 is 2.40 bits per heavy atom. The van der Waals surface area contributed by atoms with Gasteiger partial charge in [-0.05, 0) is 12.1 Å². The van der Waals surface area contributed by atoms with Gasteiger partial charge in [-0.1, -0.05) is 30.0 Å². The van der Waals surface area contributed by atoms with E-state index in [9.17, 15) is 23.3 Å². The van der Waals surface area contributed by atoms with E-state index in [1.54, 1.807) is 30.3 Å². The van der Waals surface area contributed by atoms with E-state index in [2.05, 4.69) is 4.98 Å². The molecule has 0 unspecified atom stereocenters. The largest absolute Gasteiger partial charge is 0.419 e. The molecule has 0 N–H and O–H groups in total. The molecule has 0 aliphatic heterocycles. The monoisotopic (exact) mass is 300 g/mol. The highest BCUT2D eigenvalue weighted by atomic mass is 32.2. The van der Waals surface area contributed by atoms with Crippen molar-refractivity contribution in [3.8, 4) is 0 Å². The summed E-state index contributed by atoms with van der Waals surface area (Å²) < 4.78 is 38.8. The third-order valence-electron chi connectivity index (χ3n) is 2.31. The fourth-order valence-electron chi connectivity index (χ4n) is 1.43. The zero-order valence-corrected chi connectivity index (χ0v) is 10.6. The summed E-state index contributed by atoms with van der Waals surface area (Å²) in [5, 5.41) is 10.2. The molecule has 0 spiro atoms. The minimum absolute atomic E-state index is 0.311. The lowest BCUT2D eigenvalue weighted by molar-refractivity contribution is -0.385. The molecule has 2 rings (SSSR count). The third-order valence-corrected chi connectivity index (χ3v) is 3.34. The van der Waals surface area contributed by atoms with Crippen molar-refractivity contribution in [1.29, 1.82) is 0 Å². The standard InChI is InChI=1S/C12H7F3N2O2S/c13-12(14,15)10-6-8(17(18)19)7-16-11(10)20-9-4-2-1-3-5-9/h1-7H. The van der Waals surface area contributed by atoms with Gasteiger partial charge in [-0.2, -0.15) is 13.2 Å². The average molecular weight is 300 g/mol. The highest BCUT2D eigenvalue weighted by Crippen LogP contribution is 2.39. The van der Waals surface area contributed by atoms with E-state index in [0.29, 0.717) is 11.0 Å². The Morgan fingerprint density at radius 1 is 1.20 bits per heavy atom. The molecule has 1 aromatic heterocycles. The molecular weight excluding hydrogens is 293 g/mol. The van der Waals surface area contributed by atoms with Gasteiger partial charge in [0.1, 0.15) is 11.2 Å². The summed E-state index contributed by atoms with van der Waals surface area (Å²) in [4.78, 5) is 13.8. The number of rotatable bonds is 3. The quantitative estimate of drug-likeness (QED) is 0.631. The van der Waals surface area contributed by atoms with Gasteiger partial charge in [-0.3, -0.25) is 10.1 Å². The molecule has 1 aromatic carbocycles. The SMILES string of the molecule is O=[N+]([O-])c1cnc(Sc2ccccc2)c(C(F)(F)F)c1. The summed E-state index contributed by atoms with van der Waals surface area (Å²) in [5.41, 5.74) is -1.80. The first-order valence-corrected chi connectivity index (χ1v) is 6.14. The lowest BCUT2D eigenvalue weighted by atomic mass is 10.2. The number of hydrogen-bond donors (Lipinski definition) is 0. The lowest BCUT2D eigenvalue weighted by Gasteiger charge is -2.11. The minimum Gasteiger partial charge on any atom is -0.258 e. The second-order valence-corrected chi connectivity index (χ2v) is 4.78. The van der Waals surface area contributed by atoms with Gasteiger partial charge in [-0.15, -0.1) is 0 Å². The Balaban J connectivity index is 2.45. The van der Waals surface area contributed by atoms with Crippen molar-refractivity contribution < 1.29 is 18.1 Å². The van der Waals surface area contributed by atoms with E-state index in [-0.39, 0.29) is 5.03 Å². The molecule has 0 saturated heterocycles. The fraction of sp³-hybridized carbons (Fsp3) is 0.0833. The van der Waals surface area contributed by atoms with Crippen LogP contribution in [-0.2, 0) is 6.18 Å². The van der Waals surface area contributed by atoms with E-state index < -0.39 is 22.4 Å². The van der Waals surface area contributed by atoms with E-state index in [1.165, 1.54) is 0 Å². The zero-order chi connectivity index (χ0) is 14.8. The van der Waals surface area contributed by atoms with Crippen LogP contribution in [0.2, 0.25) is 0 Å². The maximum Gasteiger partial charge on any atom is 0.419 e. The lowest BCUT2D eigenvalue weighted by Crippen LogP contribution is -2.09. The summed E-state index contributed by atoms with van der Waals surface area (Å²) in [6.07, 6.45) is -3.88. The number of nitro groups is 1. The number of benzene rings is 1. The first kappa shape index (κ1) is 14.3. The Morgan fingerprint density at radius 2 is 1.85 bits per heavy atom. The number of halogens is 3. The number of nitrogens with zero attached hydrogens (tertiary/aromatic N) is 2. The summed E-state index contributed by atoms with van der Waals surface area (Å²) in [5.74, 6) is 0. The summed E-state index contributed by atoms with van der Waals surface area (Å²) >= 11 is 0.808. The Hall–Kier alpha value is -2.09. The van der Waals surface area contributed by atoms with Crippen molar-refractivity contribution in [2.24, 2.45) is 0 Å². The van der Waals surface area contributed by atoms with Crippen LogP contribution in [0.25, 0.3) is 0 Å². The average Bonchev–Trinajstić information content (AvgIpc) is 2.39. The van der Waals surface area contributed by atoms with Crippen molar-refractivity contribution in [3.05, 3.63) is 58.3 Å². The Bertz CT molecular complexity index is 632. The van der Waals surface area contributed by atoms with Crippen LogP contribution in [0.4, 0.5) is 18.9 Å². The van der Waals surface area contributed by atoms with Crippen molar-refractivity contribution in [1.82, 2.24) is 4.98 Å². The molecule has 2 aromatic rings. The highest BCUT2D eigenvalue weighted by molar-refractivity contribution is 7.99. The summed E-state index contributed by atoms with van der Waals surface area (Å²) in [6, 6.07) is 8.86. The van der Waals surface area contributed by atoms with Crippen LogP contribution < -0.4 is 0 Å². The minimum atomic E-state index is -4.70. The van der Waals surface area contributed by atoms with Crippen LogP contribution in [0.3, 0.4) is 0 Å². The van der Waals surface area contributed by atoms with E-state index >= 15 is 0 Å². The van der Waals surface area contributed by atoms with Crippen LogP contribution in [0.15, 0.2) is 52.5 Å². The van der Waals surface area contributed by atoms with Gasteiger partial charge in [0.25, 0.3) is 5.69 Å². The second-order valence-electron chi connectivity index (χ2n) is 3.72. The maximum atomic E-state index is 12.9. The molecule has 0 aliphatic rings. The van der Waals surface area contributed by atoms with Gasteiger partial charge in [0, 0.05) is 11.0 Å². The molecule has 0 radical (unpaired) electrons. The molecule has 20 heavy (non-hydrogen) atoms. The van der Waals surface area contributed by atoms with Gasteiger partial charge in [0.15, 0.2) is 0 Å². The fourth-order valence-corrected chi connectivity index (χ4v) is 2.33. The molecule has 4 nitrogen and oxygen atoms in total. The summed E-state index contributed by atoms with van der Waals surface area (Å²) in [7, 11) is 0. The van der Waals surface area contributed by atoms with Crippen molar-refractivity contribution in [2.75, 3.05) is 0 Å². The second kappa shape index (κ2) is 5.49. The first-order chi connectivity index (χ1) is 9.38. The van der Waals surface area contributed by atoms with Crippen molar-refractivity contribution in [2.45, 2.75) is 16.1 Å². The number of hydrogen-bond acceptors (Lipinski definition) is 4. The predicted molar refractivity (Wildman–Crippen MR) is 66.5 cm³/mol. The highest BCUT2D eigenvalue weighted by Gasteiger charge is 2.36. The number of alkyl halides is 3. The molecule has 0 aliphatic carbocycles. The van der Waals surface area contributed by atoms with Gasteiger partial charge >= 0.3 is 6.18 Å². The molecule has 0 amide bonds.